The Kier molecular flexibility index (Phi) is 6.55. The summed E-state index contributed by atoms with van der Waals surface area (Å²) in [7, 11) is -4.04. The van der Waals surface area contributed by atoms with Crippen molar-refractivity contribution in [3.63, 3.8) is 0 Å². The van der Waals surface area contributed by atoms with E-state index in [2.05, 4.69) is 15.0 Å². The Morgan fingerprint density at radius 1 is 1.13 bits per heavy atom. The lowest BCUT2D eigenvalue weighted by Crippen LogP contribution is -2.44. The van der Waals surface area contributed by atoms with E-state index in [4.69, 9.17) is 0 Å². The lowest BCUT2D eigenvalue weighted by Gasteiger charge is -2.33. The highest BCUT2D eigenvalue weighted by Crippen LogP contribution is 2.20. The number of benzene rings is 1. The van der Waals surface area contributed by atoms with Gasteiger partial charge in [0.2, 0.25) is 5.91 Å². The second-order valence-corrected chi connectivity index (χ2v) is 9.22. The summed E-state index contributed by atoms with van der Waals surface area (Å²) in [6, 6.07) is 5.46. The molecular formula is C20H24F2N4O3S. The van der Waals surface area contributed by atoms with E-state index in [0.29, 0.717) is 25.0 Å². The maximum atomic E-state index is 13.3. The molecule has 0 saturated carbocycles. The Balaban J connectivity index is 1.60. The third kappa shape index (κ3) is 5.44. The number of pyridine rings is 1. The number of rotatable bonds is 6. The molecule has 0 bridgehead atoms. The Morgan fingerprint density at radius 2 is 1.77 bits per heavy atom. The molecule has 0 aliphatic carbocycles. The molecular weight excluding hydrogens is 414 g/mol. The molecule has 3 rings (SSSR count). The minimum Gasteiger partial charge on any atom is -0.367 e. The lowest BCUT2D eigenvalue weighted by atomic mass is 10.0. The average Bonchev–Trinajstić information content (AvgIpc) is 2.67. The summed E-state index contributed by atoms with van der Waals surface area (Å²) >= 11 is 0. The average molecular weight is 439 g/mol. The molecule has 1 aliphatic rings. The molecule has 1 aromatic carbocycles. The fourth-order valence-corrected chi connectivity index (χ4v) is 4.25. The molecule has 30 heavy (non-hydrogen) atoms. The maximum Gasteiger partial charge on any atom is 0.263 e. The highest BCUT2D eigenvalue weighted by Gasteiger charge is 2.24. The van der Waals surface area contributed by atoms with E-state index in [9.17, 15) is 22.0 Å². The number of amides is 1. The van der Waals surface area contributed by atoms with Crippen LogP contribution in [0.15, 0.2) is 41.4 Å². The van der Waals surface area contributed by atoms with Gasteiger partial charge in [0.25, 0.3) is 10.0 Å². The highest BCUT2D eigenvalue weighted by molar-refractivity contribution is 7.92. The van der Waals surface area contributed by atoms with Crippen LogP contribution >= 0.6 is 0 Å². The van der Waals surface area contributed by atoms with Crippen LogP contribution in [0, 0.1) is 17.6 Å². The van der Waals surface area contributed by atoms with Crippen LogP contribution in [0.3, 0.4) is 0 Å². The molecule has 2 aromatic rings. The Hall–Kier alpha value is -2.75. The molecule has 1 amide bonds. The summed E-state index contributed by atoms with van der Waals surface area (Å²) in [6.07, 6.45) is 2.72. The summed E-state index contributed by atoms with van der Waals surface area (Å²) in [5.41, 5.74) is -0.211. The molecule has 1 saturated heterocycles. The number of hydrogen-bond donors (Lipinski definition) is 2. The molecule has 162 valence electrons. The van der Waals surface area contributed by atoms with Crippen molar-refractivity contribution < 1.29 is 22.0 Å². The standard InChI is InChI=1S/C20H24F2N4O3S/c1-13(2)20(27)26-7-5-16(6-8-26)24-19-4-3-18(12-23-19)30(28,29)25-17-10-14(21)9-15(22)11-17/h3-4,9-13,16,25H,5-8H2,1-2H3,(H,23,24). The van der Waals surface area contributed by atoms with Gasteiger partial charge in [-0.1, -0.05) is 13.8 Å². The van der Waals surface area contributed by atoms with Gasteiger partial charge in [0, 0.05) is 37.3 Å². The molecule has 0 unspecified atom stereocenters. The van der Waals surface area contributed by atoms with Gasteiger partial charge < -0.3 is 10.2 Å². The predicted octanol–water partition coefficient (Wildman–Crippen LogP) is 3.22. The number of sulfonamides is 1. The molecule has 10 heteroatoms. The summed E-state index contributed by atoms with van der Waals surface area (Å²) < 4.78 is 53.5. The molecule has 0 atom stereocenters. The number of anilines is 2. The van der Waals surface area contributed by atoms with Crippen LogP contribution in [0.25, 0.3) is 0 Å². The second-order valence-electron chi connectivity index (χ2n) is 7.54. The van der Waals surface area contributed by atoms with Gasteiger partial charge in [-0.05, 0) is 37.1 Å². The highest BCUT2D eigenvalue weighted by atomic mass is 32.2. The van der Waals surface area contributed by atoms with Crippen LogP contribution in [-0.2, 0) is 14.8 Å². The summed E-state index contributed by atoms with van der Waals surface area (Å²) in [5, 5.41) is 3.25. The van der Waals surface area contributed by atoms with Gasteiger partial charge in [-0.25, -0.2) is 22.2 Å². The normalized spacial score (nSPS) is 15.3. The van der Waals surface area contributed by atoms with E-state index < -0.39 is 21.7 Å². The molecule has 2 N–H and O–H groups in total. The summed E-state index contributed by atoms with van der Waals surface area (Å²) in [6.45, 7) is 5.09. The Labute approximate surface area is 174 Å². The van der Waals surface area contributed by atoms with Crippen molar-refractivity contribution in [2.24, 2.45) is 5.92 Å². The number of carbonyl (C=O) groups excluding carboxylic acids is 1. The third-order valence-corrected chi connectivity index (χ3v) is 6.18. The van der Waals surface area contributed by atoms with Gasteiger partial charge in [-0.15, -0.1) is 0 Å². The largest absolute Gasteiger partial charge is 0.367 e. The van der Waals surface area contributed by atoms with Crippen molar-refractivity contribution in [2.45, 2.75) is 37.6 Å². The first-order chi connectivity index (χ1) is 14.1. The molecule has 2 heterocycles. The van der Waals surface area contributed by atoms with Crippen LogP contribution in [0.2, 0.25) is 0 Å². The number of halogens is 2. The van der Waals surface area contributed by atoms with E-state index in [-0.39, 0.29) is 28.4 Å². The zero-order chi connectivity index (χ0) is 21.9. The number of nitrogens with one attached hydrogen (secondary N) is 2. The fraction of sp³-hybridized carbons (Fsp3) is 0.400. The zero-order valence-corrected chi connectivity index (χ0v) is 17.5. The van der Waals surface area contributed by atoms with Gasteiger partial charge in [-0.3, -0.25) is 9.52 Å². The van der Waals surface area contributed by atoms with E-state index in [1.54, 1.807) is 0 Å². The molecule has 1 fully saturated rings. The monoisotopic (exact) mass is 438 g/mol. The number of nitrogens with zero attached hydrogens (tertiary/aromatic N) is 2. The van der Waals surface area contributed by atoms with Gasteiger partial charge in [-0.2, -0.15) is 0 Å². The van der Waals surface area contributed by atoms with Crippen LogP contribution < -0.4 is 10.0 Å². The smallest absolute Gasteiger partial charge is 0.263 e. The van der Waals surface area contributed by atoms with Crippen LogP contribution in [0.5, 0.6) is 0 Å². The van der Waals surface area contributed by atoms with Crippen LogP contribution in [-0.4, -0.2) is 43.3 Å². The minimum atomic E-state index is -4.04. The van der Waals surface area contributed by atoms with Crippen molar-refractivity contribution in [1.29, 1.82) is 0 Å². The van der Waals surface area contributed by atoms with E-state index in [0.717, 1.165) is 25.0 Å². The predicted molar refractivity (Wildman–Crippen MR) is 109 cm³/mol. The third-order valence-electron chi connectivity index (χ3n) is 4.81. The van der Waals surface area contributed by atoms with E-state index in [1.807, 2.05) is 18.7 Å². The maximum absolute atomic E-state index is 13.3. The summed E-state index contributed by atoms with van der Waals surface area (Å²) in [4.78, 5) is 17.9. The van der Waals surface area contributed by atoms with Gasteiger partial charge in [0.1, 0.15) is 22.3 Å². The first-order valence-corrected chi connectivity index (χ1v) is 11.1. The number of carbonyl (C=O) groups is 1. The molecule has 0 radical (unpaired) electrons. The van der Waals surface area contributed by atoms with Crippen molar-refractivity contribution in [1.82, 2.24) is 9.88 Å². The second kappa shape index (κ2) is 8.95. The first-order valence-electron chi connectivity index (χ1n) is 9.64. The van der Waals surface area contributed by atoms with Crippen LogP contribution in [0.1, 0.15) is 26.7 Å². The van der Waals surface area contributed by atoms with Crippen LogP contribution in [0.4, 0.5) is 20.3 Å². The number of likely N-dealkylation sites (tertiary alicyclic amines) is 1. The topological polar surface area (TPSA) is 91.4 Å². The van der Waals surface area contributed by atoms with E-state index in [1.165, 1.54) is 18.3 Å². The number of hydrogen-bond acceptors (Lipinski definition) is 5. The lowest BCUT2D eigenvalue weighted by molar-refractivity contribution is -0.135. The molecule has 1 aromatic heterocycles. The fourth-order valence-electron chi connectivity index (χ4n) is 3.27. The number of aromatic nitrogens is 1. The SMILES string of the molecule is CC(C)C(=O)N1CCC(Nc2ccc(S(=O)(=O)Nc3cc(F)cc(F)c3)cn2)CC1. The molecule has 7 nitrogen and oxygen atoms in total. The van der Waals surface area contributed by atoms with Crippen molar-refractivity contribution in [3.05, 3.63) is 48.2 Å². The summed E-state index contributed by atoms with van der Waals surface area (Å²) in [5.74, 6) is -1.13. The Bertz CT molecular complexity index is 985. The molecule has 0 spiro atoms. The van der Waals surface area contributed by atoms with Gasteiger partial charge in [0.05, 0.1) is 5.69 Å². The van der Waals surface area contributed by atoms with Crippen molar-refractivity contribution in [3.8, 4) is 0 Å². The quantitative estimate of drug-likeness (QED) is 0.723. The van der Waals surface area contributed by atoms with Crippen molar-refractivity contribution >= 4 is 27.4 Å². The van der Waals surface area contributed by atoms with Crippen molar-refractivity contribution in [2.75, 3.05) is 23.1 Å². The first kappa shape index (κ1) is 21.9. The van der Waals surface area contributed by atoms with Gasteiger partial charge >= 0.3 is 0 Å². The minimum absolute atomic E-state index is 0.0249. The van der Waals surface area contributed by atoms with E-state index >= 15 is 0 Å². The number of piperidine rings is 1. The molecule has 1 aliphatic heterocycles. The zero-order valence-electron chi connectivity index (χ0n) is 16.7. The van der Waals surface area contributed by atoms with Gasteiger partial charge in [0.15, 0.2) is 0 Å². The Morgan fingerprint density at radius 3 is 2.30 bits per heavy atom.